The third kappa shape index (κ3) is 4.35. The SMILES string of the molecule is COc1cc(Cl)ncc1C(=O)NCc1ccc(C(F)(F)F)cc1. The van der Waals surface area contributed by atoms with Crippen LogP contribution in [0.15, 0.2) is 36.5 Å². The average molecular weight is 345 g/mol. The van der Waals surface area contributed by atoms with Crippen LogP contribution in [0.4, 0.5) is 13.2 Å². The molecule has 4 nitrogen and oxygen atoms in total. The number of rotatable bonds is 4. The Labute approximate surface area is 135 Å². The number of pyridine rings is 1. The summed E-state index contributed by atoms with van der Waals surface area (Å²) < 4.78 is 42.5. The van der Waals surface area contributed by atoms with Crippen LogP contribution >= 0.6 is 11.6 Å². The van der Waals surface area contributed by atoms with E-state index in [2.05, 4.69) is 10.3 Å². The van der Waals surface area contributed by atoms with Gasteiger partial charge >= 0.3 is 6.18 Å². The molecule has 2 rings (SSSR count). The standard InChI is InChI=1S/C15H12ClF3N2O2/c1-23-12-6-13(16)20-8-11(12)14(22)21-7-9-2-4-10(5-3-9)15(17,18)19/h2-6,8H,7H2,1H3,(H,21,22). The number of benzene rings is 1. The number of hydrogen-bond donors (Lipinski definition) is 1. The summed E-state index contributed by atoms with van der Waals surface area (Å²) in [6.45, 7) is 0.0722. The van der Waals surface area contributed by atoms with Crippen molar-refractivity contribution in [2.75, 3.05) is 7.11 Å². The number of carbonyl (C=O) groups excluding carboxylic acids is 1. The van der Waals surface area contributed by atoms with Crippen molar-refractivity contribution in [2.24, 2.45) is 0 Å². The van der Waals surface area contributed by atoms with Gasteiger partial charge in [0.15, 0.2) is 0 Å². The number of ether oxygens (including phenoxy) is 1. The highest BCUT2D eigenvalue weighted by atomic mass is 35.5. The molecule has 0 aliphatic rings. The van der Waals surface area contributed by atoms with Crippen molar-refractivity contribution in [3.05, 3.63) is 58.4 Å². The smallest absolute Gasteiger partial charge is 0.416 e. The summed E-state index contributed by atoms with van der Waals surface area (Å²) in [6.07, 6.45) is -3.12. The molecular weight excluding hydrogens is 333 g/mol. The number of nitrogens with one attached hydrogen (secondary N) is 1. The van der Waals surface area contributed by atoms with Gasteiger partial charge in [-0.15, -0.1) is 0 Å². The van der Waals surface area contributed by atoms with E-state index in [1.54, 1.807) is 0 Å². The first-order valence-electron chi connectivity index (χ1n) is 6.45. The van der Waals surface area contributed by atoms with Gasteiger partial charge in [-0.1, -0.05) is 23.7 Å². The molecule has 0 fully saturated rings. The number of hydrogen-bond acceptors (Lipinski definition) is 3. The van der Waals surface area contributed by atoms with E-state index in [4.69, 9.17) is 16.3 Å². The van der Waals surface area contributed by atoms with Crippen molar-refractivity contribution in [1.29, 1.82) is 0 Å². The normalized spacial score (nSPS) is 11.2. The van der Waals surface area contributed by atoms with Gasteiger partial charge in [-0.3, -0.25) is 4.79 Å². The molecule has 23 heavy (non-hydrogen) atoms. The average Bonchev–Trinajstić information content (AvgIpc) is 2.52. The highest BCUT2D eigenvalue weighted by molar-refractivity contribution is 6.29. The van der Waals surface area contributed by atoms with Crippen LogP contribution in [0.3, 0.4) is 0 Å². The molecule has 0 atom stereocenters. The summed E-state index contributed by atoms with van der Waals surface area (Å²) in [6, 6.07) is 5.94. The van der Waals surface area contributed by atoms with Gasteiger partial charge in [-0.25, -0.2) is 4.98 Å². The maximum absolute atomic E-state index is 12.5. The van der Waals surface area contributed by atoms with Crippen molar-refractivity contribution < 1.29 is 22.7 Å². The van der Waals surface area contributed by atoms with E-state index < -0.39 is 17.6 Å². The van der Waals surface area contributed by atoms with Crippen LogP contribution in [0, 0.1) is 0 Å². The second kappa shape index (κ2) is 6.87. The lowest BCUT2D eigenvalue weighted by Crippen LogP contribution is -2.23. The van der Waals surface area contributed by atoms with E-state index in [1.165, 1.54) is 31.5 Å². The third-order valence-electron chi connectivity index (χ3n) is 3.03. The molecule has 0 radical (unpaired) electrons. The molecule has 8 heteroatoms. The molecule has 122 valence electrons. The molecule has 1 amide bonds. The summed E-state index contributed by atoms with van der Waals surface area (Å²) in [4.78, 5) is 15.9. The molecule has 0 unspecified atom stereocenters. The second-order valence-corrected chi connectivity index (χ2v) is 4.97. The fraction of sp³-hybridized carbons (Fsp3) is 0.200. The van der Waals surface area contributed by atoms with Crippen molar-refractivity contribution in [1.82, 2.24) is 10.3 Å². The minimum absolute atomic E-state index is 0.0722. The Kier molecular flexibility index (Phi) is 5.10. The zero-order valence-electron chi connectivity index (χ0n) is 11.9. The monoisotopic (exact) mass is 344 g/mol. The molecule has 1 heterocycles. The number of nitrogens with zero attached hydrogens (tertiary/aromatic N) is 1. The van der Waals surface area contributed by atoms with Gasteiger partial charge in [0.25, 0.3) is 5.91 Å². The molecule has 1 aromatic heterocycles. The van der Waals surface area contributed by atoms with Crippen molar-refractivity contribution in [3.63, 3.8) is 0 Å². The van der Waals surface area contributed by atoms with E-state index in [-0.39, 0.29) is 23.0 Å². The number of alkyl halides is 3. The predicted molar refractivity (Wildman–Crippen MR) is 78.4 cm³/mol. The van der Waals surface area contributed by atoms with Gasteiger partial charge in [0.1, 0.15) is 10.9 Å². The number of carbonyl (C=O) groups is 1. The Morgan fingerprint density at radius 1 is 1.30 bits per heavy atom. The van der Waals surface area contributed by atoms with E-state index in [1.807, 2.05) is 0 Å². The van der Waals surface area contributed by atoms with Gasteiger partial charge in [0, 0.05) is 18.8 Å². The van der Waals surface area contributed by atoms with Crippen LogP contribution in [0.2, 0.25) is 5.15 Å². The second-order valence-electron chi connectivity index (χ2n) is 4.58. The summed E-state index contributed by atoms with van der Waals surface area (Å²) in [5.74, 6) is -0.208. The molecule has 0 saturated carbocycles. The molecule has 0 aliphatic heterocycles. The number of aromatic nitrogens is 1. The van der Waals surface area contributed by atoms with Crippen molar-refractivity contribution in [2.45, 2.75) is 12.7 Å². The van der Waals surface area contributed by atoms with Crippen LogP contribution in [0.1, 0.15) is 21.5 Å². The lowest BCUT2D eigenvalue weighted by Gasteiger charge is -2.10. The van der Waals surface area contributed by atoms with E-state index in [9.17, 15) is 18.0 Å². The lowest BCUT2D eigenvalue weighted by atomic mass is 10.1. The number of methoxy groups -OCH3 is 1. The lowest BCUT2D eigenvalue weighted by molar-refractivity contribution is -0.137. The maximum Gasteiger partial charge on any atom is 0.416 e. The van der Waals surface area contributed by atoms with Gasteiger partial charge in [0.2, 0.25) is 0 Å². The zero-order valence-corrected chi connectivity index (χ0v) is 12.7. The molecular formula is C15H12ClF3N2O2. The molecule has 2 aromatic rings. The Morgan fingerprint density at radius 2 is 1.96 bits per heavy atom. The topological polar surface area (TPSA) is 51.2 Å². The Bertz CT molecular complexity index is 703. The highest BCUT2D eigenvalue weighted by Gasteiger charge is 2.29. The summed E-state index contributed by atoms with van der Waals surface area (Å²) >= 11 is 5.71. The molecule has 0 spiro atoms. The number of amides is 1. The van der Waals surface area contributed by atoms with Gasteiger partial charge in [0.05, 0.1) is 18.2 Å². The minimum Gasteiger partial charge on any atom is -0.496 e. The highest BCUT2D eigenvalue weighted by Crippen LogP contribution is 2.29. The van der Waals surface area contributed by atoms with E-state index in [0.29, 0.717) is 5.56 Å². The minimum atomic E-state index is -4.38. The Hall–Kier alpha value is -2.28. The first-order chi connectivity index (χ1) is 10.8. The fourth-order valence-corrected chi connectivity index (χ4v) is 1.99. The summed E-state index contributed by atoms with van der Waals surface area (Å²) in [5, 5.41) is 2.77. The first kappa shape index (κ1) is 17.1. The molecule has 0 aliphatic carbocycles. The third-order valence-corrected chi connectivity index (χ3v) is 3.24. The summed E-state index contributed by atoms with van der Waals surface area (Å²) in [7, 11) is 1.39. The first-order valence-corrected chi connectivity index (χ1v) is 6.83. The van der Waals surface area contributed by atoms with Crippen LogP contribution in [-0.4, -0.2) is 18.0 Å². The Morgan fingerprint density at radius 3 is 2.52 bits per heavy atom. The molecule has 1 N–H and O–H groups in total. The molecule has 1 aromatic carbocycles. The molecule has 0 saturated heterocycles. The van der Waals surface area contributed by atoms with E-state index in [0.717, 1.165) is 12.1 Å². The number of halogens is 4. The zero-order chi connectivity index (χ0) is 17.0. The van der Waals surface area contributed by atoms with Crippen LogP contribution in [0.25, 0.3) is 0 Å². The van der Waals surface area contributed by atoms with Crippen LogP contribution in [-0.2, 0) is 12.7 Å². The van der Waals surface area contributed by atoms with E-state index >= 15 is 0 Å². The maximum atomic E-state index is 12.5. The summed E-state index contributed by atoms with van der Waals surface area (Å²) in [5.41, 5.74) is -0.0211. The fourth-order valence-electron chi connectivity index (χ4n) is 1.84. The van der Waals surface area contributed by atoms with Crippen LogP contribution in [0.5, 0.6) is 5.75 Å². The van der Waals surface area contributed by atoms with Crippen LogP contribution < -0.4 is 10.1 Å². The van der Waals surface area contributed by atoms with Crippen molar-refractivity contribution in [3.8, 4) is 5.75 Å². The Balaban J connectivity index is 2.05. The van der Waals surface area contributed by atoms with Gasteiger partial charge in [-0.05, 0) is 17.7 Å². The quantitative estimate of drug-likeness (QED) is 0.861. The van der Waals surface area contributed by atoms with Crippen molar-refractivity contribution >= 4 is 17.5 Å². The van der Waals surface area contributed by atoms with Gasteiger partial charge in [-0.2, -0.15) is 13.2 Å². The molecule has 0 bridgehead atoms. The predicted octanol–water partition coefficient (Wildman–Crippen LogP) is 3.69. The largest absolute Gasteiger partial charge is 0.496 e. The van der Waals surface area contributed by atoms with Gasteiger partial charge < -0.3 is 10.1 Å².